The van der Waals surface area contributed by atoms with E-state index >= 15 is 0 Å². The average molecular weight is 1070 g/mol. The lowest BCUT2D eigenvalue weighted by Gasteiger charge is -2.33. The van der Waals surface area contributed by atoms with Crippen LogP contribution in [0.4, 0.5) is 0 Å². The number of halogens is 2. The molecule has 6 rings (SSSR count). The molecule has 0 aromatic rings. The standard InChI is InChI=1S/C20H28O.C19H25BO4.C7H6BIO4.C4H5BrO.CH4/c1-16(8-6-9-17(2)13-15-21)11-12-19-18(3)10-7-14-20(19,4)5;1-13(7-8-16-14(2)6-5-9-19(16,3)4)12-20-15(10-17(21)23-20)11-18(22)24-20;9-2-1-8-5(3-6(10)12-8)4-7(11)13-8;1-4(5)2-3-6;/h6,8-9,11-13,15H,7,10,14H2,1-5H3;7-8,12H,5-6,9-11H2,1-4H3;1-2H,3-4H2;2-3H,1H3;1H4/b9-6+,12-11+,16-8+,17-13+;8-7+,13-12+;2-1+;4-2+;. The highest BCUT2D eigenvalue weighted by molar-refractivity contribution is 14.1. The van der Waals surface area contributed by atoms with E-state index in [-0.39, 0.29) is 67.8 Å². The normalized spacial score (nSPS) is 22.3. The molecule has 10 nitrogen and oxygen atoms in total. The van der Waals surface area contributed by atoms with Crippen LogP contribution in [0.2, 0.25) is 0 Å². The Hall–Kier alpha value is -4.30. The van der Waals surface area contributed by atoms with Gasteiger partial charge in [-0.3, -0.25) is 28.8 Å². The third kappa shape index (κ3) is 16.8. The Morgan fingerprint density at radius 2 is 1.03 bits per heavy atom. The fourth-order valence-corrected chi connectivity index (χ4v) is 9.43. The second-order valence-corrected chi connectivity index (χ2v) is 20.5. The van der Waals surface area contributed by atoms with Crippen molar-refractivity contribution in [3.8, 4) is 0 Å². The molecule has 4 fully saturated rings. The third-order valence-electron chi connectivity index (χ3n) is 12.1. The molecule has 352 valence electrons. The Morgan fingerprint density at radius 1 is 0.631 bits per heavy atom. The zero-order valence-electron chi connectivity index (χ0n) is 39.1. The van der Waals surface area contributed by atoms with Crippen molar-refractivity contribution in [2.24, 2.45) is 10.8 Å². The van der Waals surface area contributed by atoms with E-state index in [2.05, 4.69) is 88.7 Å². The van der Waals surface area contributed by atoms with E-state index in [1.54, 1.807) is 23.1 Å². The number of aldehydes is 2. The number of carbonyl (C=O) groups excluding carboxylic acids is 6. The van der Waals surface area contributed by atoms with Gasteiger partial charge in [-0.15, -0.1) is 5.98 Å². The molecule has 0 spiro atoms. The molecule has 65 heavy (non-hydrogen) atoms. The molecule has 0 radical (unpaired) electrons. The summed E-state index contributed by atoms with van der Waals surface area (Å²) >= 11 is 5.07. The van der Waals surface area contributed by atoms with Gasteiger partial charge in [-0.2, -0.15) is 0 Å². The number of carbonyl (C=O) groups is 6. The van der Waals surface area contributed by atoms with Gasteiger partial charge in [-0.05, 0) is 124 Å². The highest BCUT2D eigenvalue weighted by atomic mass is 127. The minimum atomic E-state index is -2.02. The first-order valence-electron chi connectivity index (χ1n) is 21.9. The Morgan fingerprint density at radius 3 is 1.42 bits per heavy atom. The molecule has 0 amide bonds. The Balaban J connectivity index is 0.000000322. The van der Waals surface area contributed by atoms with Gasteiger partial charge < -0.3 is 18.6 Å². The van der Waals surface area contributed by atoms with E-state index < -0.39 is 13.1 Å². The molecule has 0 N–H and O–H groups in total. The summed E-state index contributed by atoms with van der Waals surface area (Å²) in [6.45, 7) is 17.6. The zero-order valence-corrected chi connectivity index (χ0v) is 42.9. The van der Waals surface area contributed by atoms with Crippen LogP contribution in [0.1, 0.15) is 141 Å². The van der Waals surface area contributed by atoms with Gasteiger partial charge in [0.25, 0.3) is 0 Å². The monoisotopic (exact) mass is 1070 g/mol. The lowest BCUT2D eigenvalue weighted by Crippen LogP contribution is -2.38. The summed E-state index contributed by atoms with van der Waals surface area (Å²) < 4.78 is 23.4. The van der Waals surface area contributed by atoms with Crippen LogP contribution in [0.5, 0.6) is 0 Å². The number of hydrogen-bond acceptors (Lipinski definition) is 10. The molecule has 2 aliphatic carbocycles. The molecule has 0 bridgehead atoms. The van der Waals surface area contributed by atoms with E-state index in [0.717, 1.165) is 46.3 Å². The summed E-state index contributed by atoms with van der Waals surface area (Å²) in [6.07, 6.45) is 27.4. The second-order valence-electron chi connectivity index (χ2n) is 18.5. The van der Waals surface area contributed by atoms with Crippen LogP contribution < -0.4 is 0 Å². The SMILES string of the molecule is C.C/C(Br)=C\C=O.CC1=C(/C=C/C(C)=C/C=C/C(C)=C/C=O)C(C)(C)CCC1.CC1=C(/C=C/C(C)=C/[B-]23OC(=O)C[C+]2CC(=O)O3)C(C)(C)CCC1.O=C1C[C+]2CC(=O)O[B-]2(/C=C/I)O1. The largest absolute Gasteiger partial charge is 0.610 e. The Labute approximate surface area is 410 Å². The Bertz CT molecular complexity index is 2070. The van der Waals surface area contributed by atoms with Crippen LogP contribution in [-0.2, 0) is 47.4 Å². The van der Waals surface area contributed by atoms with Crippen molar-refractivity contribution in [1.82, 2.24) is 0 Å². The fraction of sp³-hybridized carbons (Fsp3) is 0.451. The first-order valence-corrected chi connectivity index (χ1v) is 23.9. The molecule has 0 aromatic heterocycles. The van der Waals surface area contributed by atoms with Crippen molar-refractivity contribution in [2.45, 2.75) is 141 Å². The molecule has 0 saturated carbocycles. The minimum Gasteiger partial charge on any atom is -0.610 e. The van der Waals surface area contributed by atoms with Gasteiger partial charge in [0.15, 0.2) is 0 Å². The van der Waals surface area contributed by atoms with Crippen LogP contribution in [0.3, 0.4) is 0 Å². The summed E-state index contributed by atoms with van der Waals surface area (Å²) in [7, 11) is 0. The molecule has 0 atom stereocenters. The summed E-state index contributed by atoms with van der Waals surface area (Å²) in [5.74, 6) is 3.76. The summed E-state index contributed by atoms with van der Waals surface area (Å²) in [6, 6.07) is 0. The van der Waals surface area contributed by atoms with E-state index in [0.29, 0.717) is 0 Å². The number of fused-ring (bicyclic) bond motifs is 2. The van der Waals surface area contributed by atoms with E-state index in [1.807, 2.05) is 60.6 Å². The van der Waals surface area contributed by atoms with Crippen molar-refractivity contribution >= 4 is 88.1 Å². The van der Waals surface area contributed by atoms with Gasteiger partial charge in [-0.25, -0.2) is 0 Å². The molecule has 0 aromatic carbocycles. The smallest absolute Gasteiger partial charge is 0.582 e. The van der Waals surface area contributed by atoms with E-state index in [1.165, 1.54) is 66.0 Å². The van der Waals surface area contributed by atoms with E-state index in [4.69, 9.17) is 18.6 Å². The summed E-state index contributed by atoms with van der Waals surface area (Å²) in [4.78, 5) is 65.0. The van der Waals surface area contributed by atoms with Gasteiger partial charge in [0, 0.05) is 11.6 Å². The molecule has 4 heterocycles. The van der Waals surface area contributed by atoms with Crippen LogP contribution >= 0.6 is 38.5 Å². The van der Waals surface area contributed by atoms with Crippen molar-refractivity contribution in [3.63, 3.8) is 0 Å². The van der Waals surface area contributed by atoms with E-state index in [9.17, 15) is 28.8 Å². The third-order valence-corrected chi connectivity index (χ3v) is 12.8. The van der Waals surface area contributed by atoms with Gasteiger partial charge >= 0.3 is 37.0 Å². The predicted molar refractivity (Wildman–Crippen MR) is 275 cm³/mol. The van der Waals surface area contributed by atoms with Gasteiger partial charge in [0.05, 0.1) is 0 Å². The molecule has 4 aliphatic heterocycles. The van der Waals surface area contributed by atoms with Crippen LogP contribution in [-0.4, -0.2) is 49.6 Å². The maximum absolute atomic E-state index is 11.6. The van der Waals surface area contributed by atoms with Gasteiger partial charge in [0.2, 0.25) is 0 Å². The second kappa shape index (κ2) is 25.6. The molecular weight excluding hydrogens is 1000 g/mol. The first-order chi connectivity index (χ1) is 30.0. The van der Waals surface area contributed by atoms with Gasteiger partial charge in [0.1, 0.15) is 38.3 Å². The average Bonchev–Trinajstić information content (AvgIpc) is 3.83. The lowest BCUT2D eigenvalue weighted by atomic mass is 9.48. The quantitative estimate of drug-likeness (QED) is 0.0519. The Kier molecular flexibility index (Phi) is 22.4. The van der Waals surface area contributed by atoms with Crippen LogP contribution in [0, 0.1) is 22.5 Å². The van der Waals surface area contributed by atoms with Crippen molar-refractivity contribution in [2.75, 3.05) is 0 Å². The molecular formula is C51H68B2BrIO10. The number of hydrogen-bond donors (Lipinski definition) is 0. The molecule has 4 saturated heterocycles. The van der Waals surface area contributed by atoms with Crippen LogP contribution in [0.15, 0.2) is 114 Å². The van der Waals surface area contributed by atoms with Gasteiger partial charge in [-0.1, -0.05) is 149 Å². The minimum absolute atomic E-state index is 0. The zero-order chi connectivity index (χ0) is 47.9. The predicted octanol–water partition coefficient (Wildman–Crippen LogP) is 12.8. The topological polar surface area (TPSA) is 139 Å². The lowest BCUT2D eigenvalue weighted by molar-refractivity contribution is -0.140. The van der Waals surface area contributed by atoms with Crippen molar-refractivity contribution in [1.29, 1.82) is 0 Å². The van der Waals surface area contributed by atoms with Crippen LogP contribution in [0.25, 0.3) is 0 Å². The maximum Gasteiger partial charge on any atom is 0.582 e. The number of allylic oxidation sites excluding steroid dienone is 17. The first kappa shape index (κ1) is 56.8. The maximum atomic E-state index is 11.6. The van der Waals surface area contributed by atoms with Crippen molar-refractivity contribution in [3.05, 3.63) is 126 Å². The molecule has 14 heteroatoms. The highest BCUT2D eigenvalue weighted by Gasteiger charge is 2.64. The number of rotatable bonds is 10. The highest BCUT2D eigenvalue weighted by Crippen LogP contribution is 2.44. The fourth-order valence-electron chi connectivity index (χ4n) is 8.78. The van der Waals surface area contributed by atoms with Crippen molar-refractivity contribution < 1.29 is 47.4 Å². The summed E-state index contributed by atoms with van der Waals surface area (Å²) in [5.41, 5.74) is 9.42. The summed E-state index contributed by atoms with van der Waals surface area (Å²) in [5, 5.41) is 0. The molecule has 0 unspecified atom stereocenters. The molecule has 6 aliphatic rings.